The second-order valence-electron chi connectivity index (χ2n) is 3.87. The van der Waals surface area contributed by atoms with E-state index >= 15 is 0 Å². The molecule has 0 spiro atoms. The molecular weight excluding hydrogens is 268 g/mol. The molecule has 104 valence electrons. The summed E-state index contributed by atoms with van der Waals surface area (Å²) in [6, 6.07) is 1.04. The lowest BCUT2D eigenvalue weighted by molar-refractivity contribution is 0.0591. The third-order valence-corrected chi connectivity index (χ3v) is 2.67. The molecule has 0 aliphatic rings. The number of aromatic nitrogens is 3. The number of carbonyl (C=O) groups is 3. The van der Waals surface area contributed by atoms with Gasteiger partial charge in [0.05, 0.1) is 12.8 Å². The van der Waals surface area contributed by atoms with Crippen molar-refractivity contribution in [3.05, 3.63) is 28.8 Å². The van der Waals surface area contributed by atoms with Crippen molar-refractivity contribution in [2.24, 2.45) is 5.73 Å². The van der Waals surface area contributed by atoms with Gasteiger partial charge in [0.15, 0.2) is 11.4 Å². The average molecular weight is 278 g/mol. The number of carbonyl (C=O) groups excluding carboxylic acids is 2. The molecule has 0 aromatic carbocycles. The van der Waals surface area contributed by atoms with Crippen molar-refractivity contribution in [2.75, 3.05) is 7.11 Å². The number of aryl methyl sites for hydroxylation is 1. The van der Waals surface area contributed by atoms with E-state index in [9.17, 15) is 14.4 Å². The lowest BCUT2D eigenvalue weighted by Gasteiger charge is -2.06. The number of fused-ring (bicyclic) bond motifs is 1. The molecule has 0 saturated carbocycles. The molecule has 0 aliphatic carbocycles. The summed E-state index contributed by atoms with van der Waals surface area (Å²) >= 11 is 0. The molecule has 0 aliphatic heterocycles. The Morgan fingerprint density at radius 1 is 1.35 bits per heavy atom. The molecule has 2 heterocycles. The molecule has 9 nitrogen and oxygen atoms in total. The zero-order valence-electron chi connectivity index (χ0n) is 10.6. The van der Waals surface area contributed by atoms with Crippen LogP contribution in [0.5, 0.6) is 0 Å². The first-order valence-electron chi connectivity index (χ1n) is 5.38. The Bertz CT molecular complexity index is 749. The van der Waals surface area contributed by atoms with Crippen LogP contribution in [0, 0.1) is 6.92 Å². The maximum Gasteiger partial charge on any atom is 0.355 e. The normalized spacial score (nSPS) is 10.5. The molecule has 0 bridgehead atoms. The molecule has 1 amide bonds. The Hall–Kier alpha value is -2.97. The minimum absolute atomic E-state index is 0.0924. The zero-order valence-corrected chi connectivity index (χ0v) is 10.6. The number of aromatic carboxylic acids is 1. The Balaban J connectivity index is 2.89. The van der Waals surface area contributed by atoms with Crippen LogP contribution in [-0.4, -0.2) is 44.4 Å². The summed E-state index contributed by atoms with van der Waals surface area (Å²) in [5.74, 6) is -3.03. The highest BCUT2D eigenvalue weighted by Crippen LogP contribution is 2.15. The maximum absolute atomic E-state index is 11.7. The van der Waals surface area contributed by atoms with Crippen LogP contribution in [0.25, 0.3) is 5.78 Å². The number of hydrogen-bond acceptors (Lipinski definition) is 6. The number of ether oxygens (including phenoxy) is 1. The molecular formula is C11H10N4O5. The molecule has 2 aromatic rings. The maximum atomic E-state index is 11.7. The molecule has 0 radical (unpaired) electrons. The van der Waals surface area contributed by atoms with Gasteiger partial charge in [-0.05, 0) is 6.92 Å². The van der Waals surface area contributed by atoms with Gasteiger partial charge in [0.25, 0.3) is 5.91 Å². The number of nitrogens with two attached hydrogens (primary N) is 1. The van der Waals surface area contributed by atoms with E-state index in [1.54, 1.807) is 0 Å². The summed E-state index contributed by atoms with van der Waals surface area (Å²) in [5.41, 5.74) is 4.85. The molecule has 0 fully saturated rings. The molecule has 2 rings (SSSR count). The molecule has 0 unspecified atom stereocenters. The fourth-order valence-corrected chi connectivity index (χ4v) is 1.78. The molecule has 9 heteroatoms. The number of nitrogens with zero attached hydrogens (tertiary/aromatic N) is 3. The van der Waals surface area contributed by atoms with Crippen molar-refractivity contribution < 1.29 is 24.2 Å². The van der Waals surface area contributed by atoms with Crippen LogP contribution in [0.1, 0.15) is 37.2 Å². The van der Waals surface area contributed by atoms with Gasteiger partial charge in [-0.2, -0.15) is 0 Å². The average Bonchev–Trinajstić information content (AvgIpc) is 2.74. The number of rotatable bonds is 3. The zero-order chi connectivity index (χ0) is 15.0. The predicted molar refractivity (Wildman–Crippen MR) is 64.5 cm³/mol. The Labute approximate surface area is 112 Å². The smallest absolute Gasteiger partial charge is 0.355 e. The van der Waals surface area contributed by atoms with Gasteiger partial charge >= 0.3 is 11.9 Å². The largest absolute Gasteiger partial charge is 0.477 e. The lowest BCUT2D eigenvalue weighted by atomic mass is 10.3. The predicted octanol–water partition coefficient (Wildman–Crippen LogP) is -0.379. The van der Waals surface area contributed by atoms with E-state index in [0.29, 0.717) is 0 Å². The minimum Gasteiger partial charge on any atom is -0.477 e. The highest BCUT2D eigenvalue weighted by molar-refractivity contribution is 5.95. The van der Waals surface area contributed by atoms with E-state index in [1.165, 1.54) is 11.3 Å². The monoisotopic (exact) mass is 278 g/mol. The van der Waals surface area contributed by atoms with E-state index in [4.69, 9.17) is 10.8 Å². The van der Waals surface area contributed by atoms with Gasteiger partial charge in [-0.25, -0.2) is 19.6 Å². The van der Waals surface area contributed by atoms with Gasteiger partial charge in [0.2, 0.25) is 5.78 Å². The van der Waals surface area contributed by atoms with E-state index < -0.39 is 17.8 Å². The van der Waals surface area contributed by atoms with Crippen molar-refractivity contribution in [3.8, 4) is 0 Å². The quantitative estimate of drug-likeness (QED) is 0.730. The van der Waals surface area contributed by atoms with Gasteiger partial charge in [0.1, 0.15) is 5.69 Å². The third kappa shape index (κ3) is 1.94. The first-order chi connectivity index (χ1) is 9.36. The fraction of sp³-hybridized carbons (Fsp3) is 0.182. The summed E-state index contributed by atoms with van der Waals surface area (Å²) in [5, 5.41) is 8.97. The van der Waals surface area contributed by atoms with E-state index in [-0.39, 0.29) is 28.6 Å². The number of hydrogen-bond donors (Lipinski definition) is 2. The minimum atomic E-state index is -1.33. The number of methoxy groups -OCH3 is 1. The third-order valence-electron chi connectivity index (χ3n) is 2.67. The summed E-state index contributed by atoms with van der Waals surface area (Å²) < 4.78 is 5.80. The second kappa shape index (κ2) is 4.61. The Morgan fingerprint density at radius 2 is 2.00 bits per heavy atom. The topological polar surface area (TPSA) is 137 Å². The van der Waals surface area contributed by atoms with Crippen molar-refractivity contribution >= 4 is 23.6 Å². The van der Waals surface area contributed by atoms with Crippen LogP contribution >= 0.6 is 0 Å². The van der Waals surface area contributed by atoms with Crippen LogP contribution in [0.15, 0.2) is 6.07 Å². The van der Waals surface area contributed by atoms with Crippen LogP contribution < -0.4 is 5.73 Å². The number of carboxylic acid groups (broad SMARTS) is 1. The second-order valence-corrected chi connectivity index (χ2v) is 3.87. The number of imidazole rings is 1. The van der Waals surface area contributed by atoms with Crippen LogP contribution in [-0.2, 0) is 4.74 Å². The number of esters is 1. The first kappa shape index (κ1) is 13.5. The van der Waals surface area contributed by atoms with Crippen molar-refractivity contribution in [3.63, 3.8) is 0 Å². The van der Waals surface area contributed by atoms with E-state index in [0.717, 1.165) is 13.2 Å². The molecule has 20 heavy (non-hydrogen) atoms. The van der Waals surface area contributed by atoms with Gasteiger partial charge in [-0.1, -0.05) is 0 Å². The van der Waals surface area contributed by atoms with Crippen molar-refractivity contribution in [1.29, 1.82) is 0 Å². The van der Waals surface area contributed by atoms with Crippen LogP contribution in [0.2, 0.25) is 0 Å². The summed E-state index contributed by atoms with van der Waals surface area (Å²) in [6.07, 6.45) is 0. The van der Waals surface area contributed by atoms with E-state index in [1.807, 2.05) is 0 Å². The van der Waals surface area contributed by atoms with Gasteiger partial charge in [-0.3, -0.25) is 9.20 Å². The van der Waals surface area contributed by atoms with E-state index in [2.05, 4.69) is 14.7 Å². The standard InChI is InChI=1S/C11H10N4O5/c1-4-7(8(12)16)14-11-13-5(9(17)18)3-6(15(4)11)10(19)20-2/h3H,1-2H3,(H2,12,16)(H,17,18). The Morgan fingerprint density at radius 3 is 2.50 bits per heavy atom. The van der Waals surface area contributed by atoms with Gasteiger partial charge in [0, 0.05) is 6.07 Å². The highest BCUT2D eigenvalue weighted by atomic mass is 16.5. The summed E-state index contributed by atoms with van der Waals surface area (Å²) in [4.78, 5) is 41.6. The Kier molecular flexibility index (Phi) is 3.10. The van der Waals surface area contributed by atoms with Crippen molar-refractivity contribution in [2.45, 2.75) is 6.92 Å². The molecule has 0 saturated heterocycles. The molecule has 0 atom stereocenters. The lowest BCUT2D eigenvalue weighted by Crippen LogP contribution is -2.15. The van der Waals surface area contributed by atoms with Crippen LogP contribution in [0.4, 0.5) is 0 Å². The summed E-state index contributed by atoms with van der Waals surface area (Å²) in [7, 11) is 1.15. The number of carboxylic acids is 1. The highest BCUT2D eigenvalue weighted by Gasteiger charge is 2.22. The SMILES string of the molecule is COC(=O)c1cc(C(=O)O)nc2nc(C(N)=O)c(C)n12. The molecule has 3 N–H and O–H groups in total. The summed E-state index contributed by atoms with van der Waals surface area (Å²) in [6.45, 7) is 1.51. The van der Waals surface area contributed by atoms with Crippen molar-refractivity contribution in [1.82, 2.24) is 14.4 Å². The molecule has 2 aromatic heterocycles. The first-order valence-corrected chi connectivity index (χ1v) is 5.38. The van der Waals surface area contributed by atoms with Crippen LogP contribution in [0.3, 0.4) is 0 Å². The number of primary amides is 1. The fourth-order valence-electron chi connectivity index (χ4n) is 1.78. The number of amides is 1. The van der Waals surface area contributed by atoms with Gasteiger partial charge in [-0.15, -0.1) is 0 Å². The van der Waals surface area contributed by atoms with Gasteiger partial charge < -0.3 is 15.6 Å².